The van der Waals surface area contributed by atoms with Gasteiger partial charge < -0.3 is 25.2 Å². The molecule has 0 bridgehead atoms. The van der Waals surface area contributed by atoms with Crippen LogP contribution in [0.1, 0.15) is 45.4 Å². The van der Waals surface area contributed by atoms with Crippen molar-refractivity contribution >= 4 is 0 Å². The number of aliphatic hydroxyl groups excluding tert-OH is 4. The van der Waals surface area contributed by atoms with E-state index in [1.807, 2.05) is 0 Å². The van der Waals surface area contributed by atoms with Crippen molar-refractivity contribution in [2.45, 2.75) is 45.4 Å². The average molecular weight is 280 g/mol. The molecule has 0 heterocycles. The van der Waals surface area contributed by atoms with E-state index in [1.165, 1.54) is 38.5 Å². The lowest BCUT2D eigenvalue weighted by atomic mass is 10.0. The van der Waals surface area contributed by atoms with Crippen LogP contribution in [-0.4, -0.2) is 60.1 Å². The van der Waals surface area contributed by atoms with Gasteiger partial charge in [0.15, 0.2) is 0 Å². The van der Waals surface area contributed by atoms with Gasteiger partial charge >= 0.3 is 0 Å². The Kier molecular flexibility index (Phi) is 22.4. The molecule has 0 unspecified atom stereocenters. The van der Waals surface area contributed by atoms with E-state index in [9.17, 15) is 0 Å². The molecule has 1 fully saturated rings. The van der Waals surface area contributed by atoms with Crippen molar-refractivity contribution in [3.63, 3.8) is 0 Å². The summed E-state index contributed by atoms with van der Waals surface area (Å²) in [6, 6.07) is 0. The molecular formula is C14H32O5. The van der Waals surface area contributed by atoms with Gasteiger partial charge in [0.25, 0.3) is 0 Å². The second-order valence-electron chi connectivity index (χ2n) is 4.65. The lowest BCUT2D eigenvalue weighted by Gasteiger charge is -2.05. The molecular weight excluding hydrogens is 248 g/mol. The Balaban J connectivity index is 0. The quantitative estimate of drug-likeness (QED) is 0.544. The first-order chi connectivity index (χ1) is 9.22. The maximum Gasteiger partial charge on any atom is 0.0698 e. The zero-order chi connectivity index (χ0) is 14.8. The van der Waals surface area contributed by atoms with E-state index in [4.69, 9.17) is 20.4 Å². The first-order valence-electron chi connectivity index (χ1n) is 7.24. The van der Waals surface area contributed by atoms with E-state index in [0.717, 1.165) is 0 Å². The van der Waals surface area contributed by atoms with Crippen molar-refractivity contribution in [1.82, 2.24) is 0 Å². The minimum Gasteiger partial charge on any atom is -0.396 e. The molecule has 0 saturated heterocycles. The molecule has 1 rings (SSSR count). The standard InChI is InChI=1S/C6H12.C4H10O3.C4H10O2/c1-2-4-6-5-3-1;5-1-3-7-4-2-6;1-4(2-5)3-6/h1-6H2;5-6H,1-4H2;4-6H,2-3H2,1H3. The molecule has 0 aliphatic heterocycles. The summed E-state index contributed by atoms with van der Waals surface area (Å²) in [5, 5.41) is 32.5. The minimum atomic E-state index is 0.0278. The monoisotopic (exact) mass is 280 g/mol. The highest BCUT2D eigenvalue weighted by Crippen LogP contribution is 2.15. The number of rotatable bonds is 6. The summed E-state index contributed by atoms with van der Waals surface area (Å²) in [7, 11) is 0. The molecule has 0 amide bonds. The Labute approximate surface area is 117 Å². The van der Waals surface area contributed by atoms with Gasteiger partial charge in [-0.05, 0) is 0 Å². The highest BCUT2D eigenvalue weighted by atomic mass is 16.5. The van der Waals surface area contributed by atoms with Crippen LogP contribution >= 0.6 is 0 Å². The van der Waals surface area contributed by atoms with E-state index in [2.05, 4.69) is 4.74 Å². The molecule has 1 saturated carbocycles. The lowest BCUT2D eigenvalue weighted by molar-refractivity contribution is 0.0650. The molecule has 0 aromatic heterocycles. The second kappa shape index (κ2) is 20.1. The molecule has 1 aliphatic carbocycles. The van der Waals surface area contributed by atoms with Crippen molar-refractivity contribution in [2.24, 2.45) is 5.92 Å². The van der Waals surface area contributed by atoms with Gasteiger partial charge in [-0.1, -0.05) is 45.4 Å². The summed E-state index contributed by atoms with van der Waals surface area (Å²) < 4.78 is 4.63. The molecule has 0 atom stereocenters. The van der Waals surface area contributed by atoms with Gasteiger partial charge in [0, 0.05) is 19.1 Å². The fourth-order valence-corrected chi connectivity index (χ4v) is 1.35. The van der Waals surface area contributed by atoms with Crippen molar-refractivity contribution in [2.75, 3.05) is 39.6 Å². The summed E-state index contributed by atoms with van der Waals surface area (Å²) in [4.78, 5) is 0. The maximum atomic E-state index is 8.17. The predicted molar refractivity (Wildman–Crippen MR) is 76.0 cm³/mol. The second-order valence-corrected chi connectivity index (χ2v) is 4.65. The minimum absolute atomic E-state index is 0.0278. The van der Waals surface area contributed by atoms with Crippen LogP contribution in [0.3, 0.4) is 0 Å². The largest absolute Gasteiger partial charge is 0.396 e. The molecule has 5 heteroatoms. The van der Waals surface area contributed by atoms with Gasteiger partial charge in [0.1, 0.15) is 0 Å². The maximum absolute atomic E-state index is 8.17. The van der Waals surface area contributed by atoms with Crippen LogP contribution in [0.25, 0.3) is 0 Å². The Bertz CT molecular complexity index is 120. The fourth-order valence-electron chi connectivity index (χ4n) is 1.35. The van der Waals surface area contributed by atoms with Crippen molar-refractivity contribution in [1.29, 1.82) is 0 Å². The van der Waals surface area contributed by atoms with Crippen molar-refractivity contribution < 1.29 is 25.2 Å². The number of ether oxygens (including phenoxy) is 1. The third-order valence-corrected chi connectivity index (χ3v) is 2.59. The fraction of sp³-hybridized carbons (Fsp3) is 1.00. The van der Waals surface area contributed by atoms with E-state index >= 15 is 0 Å². The highest BCUT2D eigenvalue weighted by Gasteiger charge is 1.95. The summed E-state index contributed by atoms with van der Waals surface area (Å²) in [5.74, 6) is 0.0463. The molecule has 0 radical (unpaired) electrons. The van der Waals surface area contributed by atoms with Crippen molar-refractivity contribution in [3.05, 3.63) is 0 Å². The van der Waals surface area contributed by atoms with Gasteiger partial charge in [-0.15, -0.1) is 0 Å². The summed E-state index contributed by atoms with van der Waals surface area (Å²) in [5.41, 5.74) is 0. The highest BCUT2D eigenvalue weighted by molar-refractivity contribution is 4.51. The molecule has 0 aromatic carbocycles. The van der Waals surface area contributed by atoms with Gasteiger partial charge in [-0.25, -0.2) is 0 Å². The van der Waals surface area contributed by atoms with Gasteiger partial charge in [0.2, 0.25) is 0 Å². The van der Waals surface area contributed by atoms with E-state index in [0.29, 0.717) is 13.2 Å². The lowest BCUT2D eigenvalue weighted by Crippen LogP contribution is -2.04. The molecule has 1 aliphatic rings. The topological polar surface area (TPSA) is 90.2 Å². The smallest absolute Gasteiger partial charge is 0.0698 e. The molecule has 0 aromatic rings. The Hall–Kier alpha value is -0.200. The van der Waals surface area contributed by atoms with Crippen LogP contribution in [0, 0.1) is 5.92 Å². The zero-order valence-corrected chi connectivity index (χ0v) is 12.3. The van der Waals surface area contributed by atoms with Crippen LogP contribution in [-0.2, 0) is 4.74 Å². The Morgan fingerprint density at radius 3 is 1.21 bits per heavy atom. The van der Waals surface area contributed by atoms with Crippen LogP contribution in [0.5, 0.6) is 0 Å². The van der Waals surface area contributed by atoms with E-state index in [1.54, 1.807) is 6.92 Å². The summed E-state index contributed by atoms with van der Waals surface area (Å²) >= 11 is 0. The van der Waals surface area contributed by atoms with Gasteiger partial charge in [0.05, 0.1) is 26.4 Å². The van der Waals surface area contributed by atoms with Crippen LogP contribution in [0.15, 0.2) is 0 Å². The number of hydrogen-bond acceptors (Lipinski definition) is 5. The van der Waals surface area contributed by atoms with Gasteiger partial charge in [-0.2, -0.15) is 0 Å². The predicted octanol–water partition coefficient (Wildman–Crippen LogP) is 0.935. The third-order valence-electron chi connectivity index (χ3n) is 2.59. The zero-order valence-electron chi connectivity index (χ0n) is 12.3. The van der Waals surface area contributed by atoms with E-state index in [-0.39, 0.29) is 32.3 Å². The van der Waals surface area contributed by atoms with Crippen LogP contribution in [0.2, 0.25) is 0 Å². The third kappa shape index (κ3) is 23.3. The van der Waals surface area contributed by atoms with Crippen LogP contribution in [0.4, 0.5) is 0 Å². The molecule has 4 N–H and O–H groups in total. The Morgan fingerprint density at radius 2 is 1.05 bits per heavy atom. The molecule has 118 valence electrons. The number of aliphatic hydroxyl groups is 4. The molecule has 19 heavy (non-hydrogen) atoms. The summed E-state index contributed by atoms with van der Waals surface area (Å²) in [6.45, 7) is 2.63. The Morgan fingerprint density at radius 1 is 0.737 bits per heavy atom. The normalized spacial score (nSPS) is 14.2. The summed E-state index contributed by atoms with van der Waals surface area (Å²) in [6.07, 6.45) is 9.00. The first kappa shape index (κ1) is 21.1. The van der Waals surface area contributed by atoms with Gasteiger partial charge in [-0.3, -0.25) is 0 Å². The van der Waals surface area contributed by atoms with E-state index < -0.39 is 0 Å². The van der Waals surface area contributed by atoms with Crippen molar-refractivity contribution in [3.8, 4) is 0 Å². The number of hydrogen-bond donors (Lipinski definition) is 4. The van der Waals surface area contributed by atoms with Crippen LogP contribution < -0.4 is 0 Å². The SMILES string of the molecule is C1CCCCC1.CC(CO)CO.OCCOCCO. The first-order valence-corrected chi connectivity index (χ1v) is 7.24. The average Bonchev–Trinajstić information content (AvgIpc) is 2.50. The molecule has 0 spiro atoms. The molecule has 5 nitrogen and oxygen atoms in total.